The van der Waals surface area contributed by atoms with Crippen LogP contribution in [0.4, 0.5) is 5.69 Å². The Labute approximate surface area is 190 Å². The van der Waals surface area contributed by atoms with Gasteiger partial charge in [-0.1, -0.05) is 65.8 Å². The van der Waals surface area contributed by atoms with E-state index in [1.807, 2.05) is 56.3 Å². The third kappa shape index (κ3) is 4.38. The fraction of sp³-hybridized carbons (Fsp3) is 0.120. The molecule has 31 heavy (non-hydrogen) atoms. The summed E-state index contributed by atoms with van der Waals surface area (Å²) in [5.41, 5.74) is 1.39. The van der Waals surface area contributed by atoms with Gasteiger partial charge in [0.05, 0.1) is 27.3 Å². The minimum atomic E-state index is -0.394. The van der Waals surface area contributed by atoms with E-state index in [9.17, 15) is 9.59 Å². The average Bonchev–Trinajstić information content (AvgIpc) is 2.99. The molecule has 1 aliphatic heterocycles. The van der Waals surface area contributed by atoms with E-state index in [4.69, 9.17) is 16.3 Å². The zero-order valence-electron chi connectivity index (χ0n) is 17.0. The molecule has 0 saturated carbocycles. The number of carbonyl (C=O) groups excluding carboxylic acids is 2. The van der Waals surface area contributed by atoms with Crippen LogP contribution in [0.3, 0.4) is 0 Å². The van der Waals surface area contributed by atoms with Crippen molar-refractivity contribution in [1.29, 1.82) is 0 Å². The number of para-hydroxylation sites is 1. The summed E-state index contributed by atoms with van der Waals surface area (Å²) in [5, 5.41) is 0.343. The van der Waals surface area contributed by atoms with Gasteiger partial charge in [0.25, 0.3) is 11.8 Å². The lowest BCUT2D eigenvalue weighted by Gasteiger charge is -2.16. The smallest absolute Gasteiger partial charge is 0.272 e. The topological polar surface area (TPSA) is 46.6 Å². The predicted octanol–water partition coefficient (Wildman–Crippen LogP) is 6.20. The largest absolute Gasteiger partial charge is 0.491 e. The lowest BCUT2D eigenvalue weighted by molar-refractivity contribution is -0.119. The van der Waals surface area contributed by atoms with Crippen LogP contribution in [-0.4, -0.2) is 17.9 Å². The molecule has 0 bridgehead atoms. The van der Waals surface area contributed by atoms with Gasteiger partial charge in [-0.15, -0.1) is 0 Å². The van der Waals surface area contributed by atoms with Gasteiger partial charge in [0.15, 0.2) is 0 Å². The molecule has 6 heteroatoms. The van der Waals surface area contributed by atoms with Crippen molar-refractivity contribution in [2.45, 2.75) is 24.8 Å². The summed E-state index contributed by atoms with van der Waals surface area (Å²) in [5.74, 6) is -0.0742. The van der Waals surface area contributed by atoms with Crippen LogP contribution in [0.1, 0.15) is 19.4 Å². The van der Waals surface area contributed by atoms with Gasteiger partial charge in [0.2, 0.25) is 0 Å². The van der Waals surface area contributed by atoms with Crippen LogP contribution < -0.4 is 9.64 Å². The molecule has 1 aliphatic rings. The molecule has 156 valence electrons. The first kappa shape index (κ1) is 21.2. The predicted molar refractivity (Wildman–Crippen MR) is 125 cm³/mol. The number of halogens is 1. The molecule has 0 saturated heterocycles. The SMILES string of the molecule is CC(C)Oc1ccc(C2=C(Sc3ccccc3)C(=O)N(c3ccccc3Cl)C2=O)cc1. The highest BCUT2D eigenvalue weighted by atomic mass is 35.5. The quantitative estimate of drug-likeness (QED) is 0.420. The molecule has 4 nitrogen and oxygen atoms in total. The van der Waals surface area contributed by atoms with Crippen molar-refractivity contribution < 1.29 is 14.3 Å². The number of thioether (sulfide) groups is 1. The van der Waals surface area contributed by atoms with E-state index in [0.29, 0.717) is 32.5 Å². The summed E-state index contributed by atoms with van der Waals surface area (Å²) < 4.78 is 5.71. The number of ether oxygens (including phenoxy) is 1. The van der Waals surface area contributed by atoms with E-state index in [-0.39, 0.29) is 12.0 Å². The molecular formula is C25H20ClNO3S. The number of carbonyl (C=O) groups is 2. The summed E-state index contributed by atoms with van der Waals surface area (Å²) >= 11 is 7.60. The minimum absolute atomic E-state index is 0.0414. The molecule has 1 heterocycles. The highest BCUT2D eigenvalue weighted by Crippen LogP contribution is 2.42. The van der Waals surface area contributed by atoms with Gasteiger partial charge >= 0.3 is 0 Å². The fourth-order valence-corrected chi connectivity index (χ4v) is 4.52. The lowest BCUT2D eigenvalue weighted by Crippen LogP contribution is -2.31. The number of hydrogen-bond acceptors (Lipinski definition) is 4. The molecule has 3 aromatic rings. The van der Waals surface area contributed by atoms with E-state index < -0.39 is 5.91 Å². The van der Waals surface area contributed by atoms with Crippen LogP contribution in [0.5, 0.6) is 5.75 Å². The van der Waals surface area contributed by atoms with Crippen molar-refractivity contribution in [1.82, 2.24) is 0 Å². The monoisotopic (exact) mass is 449 g/mol. The van der Waals surface area contributed by atoms with Crippen LogP contribution in [-0.2, 0) is 9.59 Å². The number of rotatable bonds is 6. The minimum Gasteiger partial charge on any atom is -0.491 e. The van der Waals surface area contributed by atoms with Crippen molar-refractivity contribution in [3.63, 3.8) is 0 Å². The third-order valence-corrected chi connectivity index (χ3v) is 6.02. The van der Waals surface area contributed by atoms with Gasteiger partial charge in [-0.25, -0.2) is 4.90 Å². The van der Waals surface area contributed by atoms with Crippen LogP contribution in [0.25, 0.3) is 5.57 Å². The molecule has 2 amide bonds. The zero-order valence-corrected chi connectivity index (χ0v) is 18.6. The third-order valence-electron chi connectivity index (χ3n) is 4.61. The first-order chi connectivity index (χ1) is 15.0. The second kappa shape index (κ2) is 9.00. The molecular weight excluding hydrogens is 430 g/mol. The van der Waals surface area contributed by atoms with E-state index in [1.165, 1.54) is 11.8 Å². The van der Waals surface area contributed by atoms with E-state index >= 15 is 0 Å². The maximum atomic E-state index is 13.5. The number of imide groups is 1. The lowest BCUT2D eigenvalue weighted by atomic mass is 10.1. The Morgan fingerprint density at radius 3 is 2.13 bits per heavy atom. The molecule has 0 atom stereocenters. The van der Waals surface area contributed by atoms with E-state index in [2.05, 4.69) is 0 Å². The van der Waals surface area contributed by atoms with Gasteiger partial charge in [-0.05, 0) is 55.8 Å². The molecule has 3 aromatic carbocycles. The van der Waals surface area contributed by atoms with Gasteiger partial charge < -0.3 is 4.74 Å². The van der Waals surface area contributed by atoms with Gasteiger partial charge in [0, 0.05) is 4.90 Å². The molecule has 4 rings (SSSR count). The van der Waals surface area contributed by atoms with Crippen LogP contribution >= 0.6 is 23.4 Å². The second-order valence-corrected chi connectivity index (χ2v) is 8.70. The van der Waals surface area contributed by atoms with Crippen LogP contribution in [0, 0.1) is 0 Å². The summed E-state index contributed by atoms with van der Waals surface area (Å²) in [6.45, 7) is 3.90. The van der Waals surface area contributed by atoms with Crippen molar-refractivity contribution in [3.8, 4) is 5.75 Å². The summed E-state index contributed by atoms with van der Waals surface area (Å²) in [4.78, 5) is 29.3. The van der Waals surface area contributed by atoms with Crippen molar-refractivity contribution in [3.05, 3.63) is 94.4 Å². The fourth-order valence-electron chi connectivity index (χ4n) is 3.29. The van der Waals surface area contributed by atoms with E-state index in [1.54, 1.807) is 36.4 Å². The number of hydrogen-bond donors (Lipinski definition) is 0. The molecule has 0 aliphatic carbocycles. The normalized spacial score (nSPS) is 14.0. The van der Waals surface area contributed by atoms with E-state index in [0.717, 1.165) is 9.80 Å². The van der Waals surface area contributed by atoms with Crippen LogP contribution in [0.2, 0.25) is 5.02 Å². The van der Waals surface area contributed by atoms with Gasteiger partial charge in [0.1, 0.15) is 5.75 Å². The summed E-state index contributed by atoms with van der Waals surface area (Å²) in [6, 6.07) is 23.6. The zero-order chi connectivity index (χ0) is 22.0. The molecule has 0 fully saturated rings. The average molecular weight is 450 g/mol. The Morgan fingerprint density at radius 1 is 0.839 bits per heavy atom. The van der Waals surface area contributed by atoms with Crippen molar-refractivity contribution in [2.75, 3.05) is 4.90 Å². The summed E-state index contributed by atoms with van der Waals surface area (Å²) in [7, 11) is 0. The van der Waals surface area contributed by atoms with Crippen molar-refractivity contribution >= 4 is 46.4 Å². The highest BCUT2D eigenvalue weighted by molar-refractivity contribution is 8.04. The summed E-state index contributed by atoms with van der Waals surface area (Å²) in [6.07, 6.45) is 0.0414. The Hall–Kier alpha value is -3.02. The molecule has 0 N–H and O–H groups in total. The molecule has 0 unspecified atom stereocenters. The molecule has 0 aromatic heterocycles. The number of amides is 2. The maximum absolute atomic E-state index is 13.5. The number of benzene rings is 3. The highest BCUT2D eigenvalue weighted by Gasteiger charge is 2.41. The first-order valence-electron chi connectivity index (χ1n) is 9.83. The Morgan fingerprint density at radius 2 is 1.48 bits per heavy atom. The Kier molecular flexibility index (Phi) is 6.16. The molecule has 0 spiro atoms. The first-order valence-corrected chi connectivity index (χ1v) is 11.0. The van der Waals surface area contributed by atoms with Crippen molar-refractivity contribution in [2.24, 2.45) is 0 Å². The Balaban J connectivity index is 1.79. The Bertz CT molecular complexity index is 1160. The maximum Gasteiger partial charge on any atom is 0.272 e. The number of anilines is 1. The van der Waals surface area contributed by atoms with Gasteiger partial charge in [-0.2, -0.15) is 0 Å². The van der Waals surface area contributed by atoms with Crippen LogP contribution in [0.15, 0.2) is 88.7 Å². The van der Waals surface area contributed by atoms with Gasteiger partial charge in [-0.3, -0.25) is 9.59 Å². The molecule has 0 radical (unpaired) electrons. The number of nitrogens with zero attached hydrogens (tertiary/aromatic N) is 1. The second-order valence-electron chi connectivity index (χ2n) is 7.21. The standard InChI is InChI=1S/C25H20ClNO3S/c1-16(2)30-18-14-12-17(13-15-18)22-23(31-19-8-4-3-5-9-19)25(29)27(24(22)28)21-11-7-6-10-20(21)26/h3-16H,1-2H3.